The second-order valence-corrected chi connectivity index (χ2v) is 7.06. The minimum absolute atomic E-state index is 0.0446. The monoisotopic (exact) mass is 439 g/mol. The Morgan fingerprint density at radius 2 is 1.94 bits per heavy atom. The number of amides is 3. The molecule has 1 aliphatic rings. The van der Waals surface area contributed by atoms with Gasteiger partial charge < -0.3 is 19.6 Å². The van der Waals surface area contributed by atoms with Gasteiger partial charge in [0.05, 0.1) is 17.5 Å². The van der Waals surface area contributed by atoms with E-state index in [1.54, 1.807) is 12.1 Å². The minimum Gasteiger partial charge on any atom is -0.545 e. The summed E-state index contributed by atoms with van der Waals surface area (Å²) in [6.07, 6.45) is 1.32. The summed E-state index contributed by atoms with van der Waals surface area (Å²) in [6, 6.07) is 12.3. The maximum atomic E-state index is 13.9. The molecule has 0 unspecified atom stereocenters. The molecule has 1 aliphatic heterocycles. The zero-order valence-corrected chi connectivity index (χ0v) is 16.5. The summed E-state index contributed by atoms with van der Waals surface area (Å²) >= 11 is 6.13. The molecule has 9 heteroatoms. The Morgan fingerprint density at radius 1 is 1.16 bits per heavy atom. The zero-order chi connectivity index (χ0) is 22.1. The molecule has 2 aromatic carbocycles. The van der Waals surface area contributed by atoms with Crippen molar-refractivity contribution in [2.24, 2.45) is 0 Å². The Labute approximate surface area is 180 Å². The Balaban J connectivity index is 1.58. The van der Waals surface area contributed by atoms with E-state index in [0.29, 0.717) is 5.56 Å². The van der Waals surface area contributed by atoms with Crippen LogP contribution in [0.3, 0.4) is 0 Å². The number of rotatable bonds is 5. The van der Waals surface area contributed by atoms with Crippen LogP contribution in [0.2, 0.25) is 5.02 Å². The lowest BCUT2D eigenvalue weighted by Gasteiger charge is -2.12. The first-order valence-electron chi connectivity index (χ1n) is 9.02. The molecule has 0 aliphatic carbocycles. The summed E-state index contributed by atoms with van der Waals surface area (Å²) < 4.78 is 19.5. The second-order valence-electron chi connectivity index (χ2n) is 6.65. The third kappa shape index (κ3) is 4.06. The number of carbonyl (C=O) groups excluding carboxylic acids is 3. The fraction of sp³-hybridized carbons (Fsp3) is 0.0455. The predicted molar refractivity (Wildman–Crippen MR) is 107 cm³/mol. The van der Waals surface area contributed by atoms with Gasteiger partial charge in [0.15, 0.2) is 0 Å². The molecule has 4 rings (SSSR count). The van der Waals surface area contributed by atoms with Crippen molar-refractivity contribution in [1.82, 2.24) is 10.2 Å². The normalized spacial score (nSPS) is 14.9. The van der Waals surface area contributed by atoms with Crippen LogP contribution in [0.25, 0.3) is 17.4 Å². The Kier molecular flexibility index (Phi) is 5.31. The second kappa shape index (κ2) is 8.08. The van der Waals surface area contributed by atoms with Crippen LogP contribution in [0.5, 0.6) is 0 Å². The van der Waals surface area contributed by atoms with Gasteiger partial charge in [-0.05, 0) is 35.9 Å². The van der Waals surface area contributed by atoms with Gasteiger partial charge >= 0.3 is 6.03 Å². The lowest BCUT2D eigenvalue weighted by Crippen LogP contribution is -2.30. The van der Waals surface area contributed by atoms with E-state index in [4.69, 9.17) is 16.0 Å². The van der Waals surface area contributed by atoms with Crippen molar-refractivity contribution in [2.75, 3.05) is 0 Å². The molecule has 0 bridgehead atoms. The Morgan fingerprint density at radius 3 is 2.68 bits per heavy atom. The maximum Gasteiger partial charge on any atom is 0.329 e. The van der Waals surface area contributed by atoms with Crippen LogP contribution < -0.4 is 10.4 Å². The fourth-order valence-electron chi connectivity index (χ4n) is 3.07. The van der Waals surface area contributed by atoms with Crippen LogP contribution in [-0.4, -0.2) is 22.8 Å². The maximum absolute atomic E-state index is 13.9. The lowest BCUT2D eigenvalue weighted by atomic mass is 10.1. The van der Waals surface area contributed by atoms with Gasteiger partial charge in [0.1, 0.15) is 23.0 Å². The molecule has 7 nitrogen and oxygen atoms in total. The molecule has 1 saturated heterocycles. The molecule has 1 N–H and O–H groups in total. The highest BCUT2D eigenvalue weighted by molar-refractivity contribution is 6.33. The number of urea groups is 1. The van der Waals surface area contributed by atoms with Gasteiger partial charge in [-0.2, -0.15) is 0 Å². The minimum atomic E-state index is -1.36. The smallest absolute Gasteiger partial charge is 0.329 e. The van der Waals surface area contributed by atoms with Crippen LogP contribution in [0.15, 0.2) is 64.7 Å². The first kappa shape index (κ1) is 20.4. The number of carboxylic acid groups (broad SMARTS) is 1. The molecule has 3 aromatic rings. The molecular formula is C22H13ClFN2O5-. The van der Waals surface area contributed by atoms with Gasteiger partial charge in [-0.25, -0.2) is 9.18 Å². The highest BCUT2D eigenvalue weighted by atomic mass is 35.5. The average Bonchev–Trinajstić information content (AvgIpc) is 3.30. The van der Waals surface area contributed by atoms with Crippen molar-refractivity contribution < 1.29 is 28.3 Å². The molecule has 0 radical (unpaired) electrons. The van der Waals surface area contributed by atoms with Crippen LogP contribution in [0.4, 0.5) is 9.18 Å². The third-order valence-corrected chi connectivity index (χ3v) is 4.96. The van der Waals surface area contributed by atoms with Gasteiger partial charge in [0, 0.05) is 17.2 Å². The Bertz CT molecular complexity index is 1250. The number of nitrogens with zero attached hydrogens (tertiary/aromatic N) is 1. The molecule has 0 atom stereocenters. The molecular weight excluding hydrogens is 427 g/mol. The van der Waals surface area contributed by atoms with Gasteiger partial charge in [-0.15, -0.1) is 0 Å². The number of nitrogens with one attached hydrogen (secondary N) is 1. The van der Waals surface area contributed by atoms with Crippen LogP contribution >= 0.6 is 11.6 Å². The average molecular weight is 440 g/mol. The molecule has 3 amide bonds. The third-order valence-electron chi connectivity index (χ3n) is 4.63. The number of benzene rings is 2. The standard InChI is InChI=1S/C22H14ClFN2O5/c23-16-7-5-12(21(28)29)9-15(16)19-8-6-14(31-19)10-18-20(27)26(22(30)25-18)11-13-3-1-2-4-17(13)24/h1-10H,11H2,(H,25,30)(H,28,29)/p-1/b18-10-. The molecule has 1 fully saturated rings. The topological polar surface area (TPSA) is 103 Å². The largest absolute Gasteiger partial charge is 0.545 e. The number of furan rings is 1. The summed E-state index contributed by atoms with van der Waals surface area (Å²) in [5.74, 6) is -2.03. The van der Waals surface area contributed by atoms with Crippen molar-refractivity contribution in [3.05, 3.63) is 88.0 Å². The molecule has 1 aromatic heterocycles. The van der Waals surface area contributed by atoms with E-state index < -0.39 is 23.7 Å². The first-order valence-corrected chi connectivity index (χ1v) is 9.40. The van der Waals surface area contributed by atoms with Gasteiger partial charge in [0.25, 0.3) is 5.91 Å². The van der Waals surface area contributed by atoms with Gasteiger partial charge in [0.2, 0.25) is 0 Å². The number of aromatic carboxylic acids is 1. The molecule has 156 valence electrons. The van der Waals surface area contributed by atoms with E-state index in [-0.39, 0.29) is 39.9 Å². The SMILES string of the molecule is O=C([O-])c1ccc(Cl)c(-c2ccc(/C=C3\NC(=O)N(Cc4ccccc4F)C3=O)o2)c1. The fourth-order valence-corrected chi connectivity index (χ4v) is 3.28. The van der Waals surface area contributed by atoms with Crippen molar-refractivity contribution in [1.29, 1.82) is 0 Å². The number of carboxylic acids is 1. The highest BCUT2D eigenvalue weighted by Gasteiger charge is 2.34. The summed E-state index contributed by atoms with van der Waals surface area (Å²) in [6.45, 7) is -0.219. The van der Waals surface area contributed by atoms with E-state index in [9.17, 15) is 23.9 Å². The van der Waals surface area contributed by atoms with Crippen molar-refractivity contribution in [2.45, 2.75) is 6.54 Å². The number of carbonyl (C=O) groups is 3. The van der Waals surface area contributed by atoms with Crippen LogP contribution in [0.1, 0.15) is 21.7 Å². The van der Waals surface area contributed by atoms with Crippen molar-refractivity contribution >= 4 is 35.6 Å². The van der Waals surface area contributed by atoms with E-state index in [2.05, 4.69) is 5.32 Å². The predicted octanol–water partition coefficient (Wildman–Crippen LogP) is 3.20. The number of hydrogen-bond donors (Lipinski definition) is 1. The zero-order valence-electron chi connectivity index (χ0n) is 15.7. The number of imide groups is 1. The molecule has 31 heavy (non-hydrogen) atoms. The van der Waals surface area contributed by atoms with Crippen molar-refractivity contribution in [3.8, 4) is 11.3 Å². The summed E-state index contributed by atoms with van der Waals surface area (Å²) in [4.78, 5) is 36.8. The van der Waals surface area contributed by atoms with Gasteiger partial charge in [-0.3, -0.25) is 9.69 Å². The van der Waals surface area contributed by atoms with E-state index in [0.717, 1.165) is 4.90 Å². The number of hydrogen-bond acceptors (Lipinski definition) is 5. The molecule has 0 spiro atoms. The van der Waals surface area contributed by atoms with Crippen LogP contribution in [0, 0.1) is 5.82 Å². The molecule has 0 saturated carbocycles. The summed E-state index contributed by atoms with van der Waals surface area (Å²) in [5, 5.41) is 13.8. The highest BCUT2D eigenvalue weighted by Crippen LogP contribution is 2.31. The number of halogens is 2. The Hall–Kier alpha value is -3.91. The van der Waals surface area contributed by atoms with Gasteiger partial charge in [-0.1, -0.05) is 35.9 Å². The van der Waals surface area contributed by atoms with Crippen molar-refractivity contribution in [3.63, 3.8) is 0 Å². The summed E-state index contributed by atoms with van der Waals surface area (Å²) in [5.41, 5.74) is 0.417. The van der Waals surface area contributed by atoms with E-state index >= 15 is 0 Å². The quantitative estimate of drug-likeness (QED) is 0.486. The molecule has 2 heterocycles. The van der Waals surface area contributed by atoms with E-state index in [1.165, 1.54) is 48.5 Å². The van der Waals surface area contributed by atoms with Crippen LogP contribution in [-0.2, 0) is 11.3 Å². The summed E-state index contributed by atoms with van der Waals surface area (Å²) in [7, 11) is 0. The van der Waals surface area contributed by atoms with E-state index in [1.807, 2.05) is 0 Å². The first-order chi connectivity index (χ1) is 14.8. The lowest BCUT2D eigenvalue weighted by molar-refractivity contribution is -0.255.